The number of amides is 3. The maximum Gasteiger partial charge on any atom is 0.255 e. The molecule has 3 rings (SSSR count). The lowest BCUT2D eigenvalue weighted by Crippen LogP contribution is -2.32. The lowest BCUT2D eigenvalue weighted by Gasteiger charge is -2.18. The van der Waals surface area contributed by atoms with Crippen molar-refractivity contribution in [2.24, 2.45) is 5.73 Å². The van der Waals surface area contributed by atoms with Crippen molar-refractivity contribution >= 4 is 35.0 Å². The van der Waals surface area contributed by atoms with E-state index in [1.54, 1.807) is 48.5 Å². The molecule has 0 saturated carbocycles. The van der Waals surface area contributed by atoms with E-state index in [2.05, 4.69) is 27.4 Å². The van der Waals surface area contributed by atoms with Crippen LogP contribution in [0.15, 0.2) is 67.4 Å². The number of primary amides is 1. The maximum atomic E-state index is 13.0. The summed E-state index contributed by atoms with van der Waals surface area (Å²) in [6, 6.07) is 13.1. The van der Waals surface area contributed by atoms with Crippen molar-refractivity contribution in [3.63, 3.8) is 0 Å². The molecule has 0 saturated heterocycles. The molecule has 3 amide bonds. The first-order chi connectivity index (χ1) is 14.9. The average molecular weight is 438 g/mol. The first kappa shape index (κ1) is 21.8. The Kier molecular flexibility index (Phi) is 6.84. The predicted octanol–water partition coefficient (Wildman–Crippen LogP) is 3.20. The molecule has 0 aliphatic carbocycles. The third-order valence-electron chi connectivity index (χ3n) is 4.47. The van der Waals surface area contributed by atoms with Gasteiger partial charge in [0, 0.05) is 16.3 Å². The minimum absolute atomic E-state index is 0.0863. The van der Waals surface area contributed by atoms with Crippen LogP contribution in [0.4, 0.5) is 5.69 Å². The Labute approximate surface area is 183 Å². The fourth-order valence-electron chi connectivity index (χ4n) is 3.00. The Morgan fingerprint density at radius 1 is 1.19 bits per heavy atom. The van der Waals surface area contributed by atoms with Crippen molar-refractivity contribution in [2.45, 2.75) is 12.5 Å². The first-order valence-electron chi connectivity index (χ1n) is 9.29. The van der Waals surface area contributed by atoms with Gasteiger partial charge in [0.15, 0.2) is 0 Å². The van der Waals surface area contributed by atoms with Crippen LogP contribution in [-0.4, -0.2) is 27.9 Å². The molecule has 0 bridgehead atoms. The number of hydrogen-bond donors (Lipinski definition) is 4. The number of H-pyrrole nitrogens is 1. The number of benzene rings is 2. The van der Waals surface area contributed by atoms with Crippen molar-refractivity contribution in [3.05, 3.63) is 83.5 Å². The predicted molar refractivity (Wildman–Crippen MR) is 118 cm³/mol. The van der Waals surface area contributed by atoms with Crippen LogP contribution in [0.25, 0.3) is 11.3 Å². The van der Waals surface area contributed by atoms with Crippen LogP contribution in [0.5, 0.6) is 0 Å². The molecule has 0 radical (unpaired) electrons. The van der Waals surface area contributed by atoms with Crippen molar-refractivity contribution in [1.82, 2.24) is 15.5 Å². The number of nitrogens with one attached hydrogen (secondary N) is 3. The quantitative estimate of drug-likeness (QED) is 0.403. The highest BCUT2D eigenvalue weighted by atomic mass is 35.5. The van der Waals surface area contributed by atoms with E-state index in [0.29, 0.717) is 33.1 Å². The summed E-state index contributed by atoms with van der Waals surface area (Å²) in [4.78, 5) is 35.9. The van der Waals surface area contributed by atoms with Crippen LogP contribution >= 0.6 is 11.6 Å². The highest BCUT2D eigenvalue weighted by molar-refractivity contribution is 6.30. The topological polar surface area (TPSA) is 130 Å². The Balaban J connectivity index is 1.82. The van der Waals surface area contributed by atoms with Crippen molar-refractivity contribution in [3.8, 4) is 11.3 Å². The van der Waals surface area contributed by atoms with Gasteiger partial charge in [-0.1, -0.05) is 42.4 Å². The van der Waals surface area contributed by atoms with Gasteiger partial charge in [-0.15, -0.1) is 0 Å². The second-order valence-corrected chi connectivity index (χ2v) is 7.12. The summed E-state index contributed by atoms with van der Waals surface area (Å²) in [5.74, 6) is -1.32. The summed E-state index contributed by atoms with van der Waals surface area (Å²) in [6.07, 6.45) is 2.49. The van der Waals surface area contributed by atoms with Crippen LogP contribution in [-0.2, 0) is 9.59 Å². The second-order valence-electron chi connectivity index (χ2n) is 6.68. The highest BCUT2D eigenvalue weighted by Gasteiger charge is 2.22. The Hall–Kier alpha value is -3.91. The summed E-state index contributed by atoms with van der Waals surface area (Å²) in [5.41, 5.74) is 8.08. The lowest BCUT2D eigenvalue weighted by atomic mass is 10.0. The average Bonchev–Trinajstić information content (AvgIpc) is 3.23. The fraction of sp³-hybridized carbons (Fsp3) is 0.0909. The number of nitrogens with zero attached hydrogens (tertiary/aromatic N) is 1. The van der Waals surface area contributed by atoms with E-state index < -0.39 is 17.9 Å². The van der Waals surface area contributed by atoms with E-state index in [1.165, 1.54) is 12.3 Å². The van der Waals surface area contributed by atoms with E-state index in [9.17, 15) is 14.4 Å². The molecule has 5 N–H and O–H groups in total. The number of aromatic amines is 1. The molecule has 1 atom stereocenters. The third-order valence-corrected chi connectivity index (χ3v) is 4.71. The molecule has 31 heavy (non-hydrogen) atoms. The van der Waals surface area contributed by atoms with Gasteiger partial charge < -0.3 is 16.4 Å². The van der Waals surface area contributed by atoms with E-state index in [1.807, 2.05) is 0 Å². The molecule has 0 fully saturated rings. The van der Waals surface area contributed by atoms with Crippen molar-refractivity contribution in [2.75, 3.05) is 5.32 Å². The van der Waals surface area contributed by atoms with Gasteiger partial charge in [-0.25, -0.2) is 0 Å². The molecule has 1 heterocycles. The number of halogens is 1. The van der Waals surface area contributed by atoms with Crippen LogP contribution in [0.2, 0.25) is 5.02 Å². The van der Waals surface area contributed by atoms with Crippen molar-refractivity contribution in [1.29, 1.82) is 0 Å². The van der Waals surface area contributed by atoms with Gasteiger partial charge in [0.2, 0.25) is 11.8 Å². The standard InChI is InChI=1S/C22H20ClN5O3/c1-2-20(30)26-16-8-6-13(7-9-16)21-17(12-25-28-21)22(31)27-18(11-19(24)29)14-4-3-5-15(23)10-14/h2-10,12,18H,1,11H2,(H2,24,29)(H,25,28)(H,26,30)(H,27,31)/t18-/m1/s1. The monoisotopic (exact) mass is 437 g/mol. The first-order valence-corrected chi connectivity index (χ1v) is 9.67. The summed E-state index contributed by atoms with van der Waals surface area (Å²) in [6.45, 7) is 3.41. The minimum Gasteiger partial charge on any atom is -0.370 e. The van der Waals surface area contributed by atoms with E-state index in [-0.39, 0.29) is 12.3 Å². The van der Waals surface area contributed by atoms with Gasteiger partial charge in [-0.2, -0.15) is 5.10 Å². The van der Waals surface area contributed by atoms with Crippen LogP contribution < -0.4 is 16.4 Å². The largest absolute Gasteiger partial charge is 0.370 e. The summed E-state index contributed by atoms with van der Waals surface area (Å²) in [5, 5.41) is 12.7. The summed E-state index contributed by atoms with van der Waals surface area (Å²) in [7, 11) is 0. The fourth-order valence-corrected chi connectivity index (χ4v) is 3.20. The summed E-state index contributed by atoms with van der Waals surface area (Å²) < 4.78 is 0. The van der Waals surface area contributed by atoms with Gasteiger partial charge in [-0.05, 0) is 35.9 Å². The smallest absolute Gasteiger partial charge is 0.255 e. The van der Waals surface area contributed by atoms with Gasteiger partial charge in [0.25, 0.3) is 5.91 Å². The molecular weight excluding hydrogens is 418 g/mol. The SMILES string of the molecule is C=CC(=O)Nc1ccc(-c2[nH]ncc2C(=O)N[C@H](CC(N)=O)c2cccc(Cl)c2)cc1. The number of carbonyl (C=O) groups is 3. The number of anilines is 1. The molecule has 0 spiro atoms. The Morgan fingerprint density at radius 3 is 2.58 bits per heavy atom. The number of hydrogen-bond acceptors (Lipinski definition) is 4. The number of aromatic nitrogens is 2. The second kappa shape index (κ2) is 9.73. The van der Waals surface area contributed by atoms with Gasteiger partial charge in [0.1, 0.15) is 0 Å². The molecule has 3 aromatic rings. The zero-order valence-corrected chi connectivity index (χ0v) is 17.1. The third kappa shape index (κ3) is 5.58. The maximum absolute atomic E-state index is 13.0. The number of rotatable bonds is 8. The van der Waals surface area contributed by atoms with Gasteiger partial charge >= 0.3 is 0 Å². The molecule has 9 heteroatoms. The molecular formula is C22H20ClN5O3. The van der Waals surface area contributed by atoms with Crippen LogP contribution in [0.1, 0.15) is 28.4 Å². The van der Waals surface area contributed by atoms with Crippen LogP contribution in [0, 0.1) is 0 Å². The highest BCUT2D eigenvalue weighted by Crippen LogP contribution is 2.25. The molecule has 0 aliphatic rings. The molecule has 0 unspecified atom stereocenters. The Morgan fingerprint density at radius 2 is 1.94 bits per heavy atom. The lowest BCUT2D eigenvalue weighted by molar-refractivity contribution is -0.118. The zero-order chi connectivity index (χ0) is 22.4. The molecule has 2 aromatic carbocycles. The molecule has 158 valence electrons. The van der Waals surface area contributed by atoms with Crippen molar-refractivity contribution < 1.29 is 14.4 Å². The zero-order valence-electron chi connectivity index (χ0n) is 16.4. The Bertz CT molecular complexity index is 1120. The number of carbonyl (C=O) groups excluding carboxylic acids is 3. The summed E-state index contributed by atoms with van der Waals surface area (Å²) >= 11 is 6.04. The van der Waals surface area contributed by atoms with Crippen LogP contribution in [0.3, 0.4) is 0 Å². The minimum atomic E-state index is -0.650. The normalized spacial score (nSPS) is 11.4. The molecule has 0 aliphatic heterocycles. The molecule has 8 nitrogen and oxygen atoms in total. The van der Waals surface area contributed by atoms with Gasteiger partial charge in [-0.3, -0.25) is 19.5 Å². The van der Waals surface area contributed by atoms with Gasteiger partial charge in [0.05, 0.1) is 29.9 Å². The molecule has 1 aromatic heterocycles. The van der Waals surface area contributed by atoms with E-state index >= 15 is 0 Å². The number of nitrogens with two attached hydrogens (primary N) is 1. The van der Waals surface area contributed by atoms with E-state index in [4.69, 9.17) is 17.3 Å². The van der Waals surface area contributed by atoms with E-state index in [0.717, 1.165) is 0 Å².